The van der Waals surface area contributed by atoms with Crippen LogP contribution in [0, 0.1) is 0 Å². The molecule has 0 spiro atoms. The number of aromatic nitrogens is 2. The average molecular weight is 283 g/mol. The predicted molar refractivity (Wildman–Crippen MR) is 72.1 cm³/mol. The summed E-state index contributed by atoms with van der Waals surface area (Å²) in [6.07, 6.45) is 0.661. The van der Waals surface area contributed by atoms with Crippen molar-refractivity contribution in [1.29, 1.82) is 0 Å². The molecule has 0 aliphatic carbocycles. The highest BCUT2D eigenvalue weighted by molar-refractivity contribution is 7.15. The molecule has 1 aromatic heterocycles. The van der Waals surface area contributed by atoms with Crippen LogP contribution in [0.3, 0.4) is 0 Å². The molecule has 1 amide bonds. The fourth-order valence-corrected chi connectivity index (χ4v) is 2.18. The number of hydrogen-bond acceptors (Lipinski definition) is 5. The van der Waals surface area contributed by atoms with Crippen molar-refractivity contribution in [1.82, 2.24) is 10.2 Å². The summed E-state index contributed by atoms with van der Waals surface area (Å²) in [5.41, 5.74) is 5.94. The second-order valence-corrected chi connectivity index (χ2v) is 5.00. The zero-order valence-electron chi connectivity index (χ0n) is 9.39. The van der Waals surface area contributed by atoms with Crippen LogP contribution in [-0.4, -0.2) is 22.6 Å². The van der Waals surface area contributed by atoms with E-state index in [4.69, 9.17) is 17.3 Å². The largest absolute Gasteiger partial charge is 0.330 e. The molecule has 0 aliphatic heterocycles. The van der Waals surface area contributed by atoms with E-state index in [1.54, 1.807) is 24.3 Å². The number of carbonyl (C=O) groups excluding carboxylic acids is 1. The lowest BCUT2D eigenvalue weighted by Crippen LogP contribution is -2.11. The Labute approximate surface area is 113 Å². The molecular formula is C11H11ClN4OS. The summed E-state index contributed by atoms with van der Waals surface area (Å²) in [5.74, 6) is -0.234. The van der Waals surface area contributed by atoms with Crippen LogP contribution in [0.15, 0.2) is 24.3 Å². The summed E-state index contributed by atoms with van der Waals surface area (Å²) in [7, 11) is 0. The van der Waals surface area contributed by atoms with Gasteiger partial charge in [0, 0.05) is 17.0 Å². The molecule has 0 saturated carbocycles. The first-order chi connectivity index (χ1) is 8.69. The standard InChI is InChI=1S/C11H11ClN4OS/c12-8-3-1-7(2-4-8)10(17)14-11-16-15-9(18-11)5-6-13/h1-4H,5-6,13H2,(H,14,16,17). The first-order valence-corrected chi connectivity index (χ1v) is 6.48. The van der Waals surface area contributed by atoms with Crippen molar-refractivity contribution in [2.24, 2.45) is 5.73 Å². The van der Waals surface area contributed by atoms with Gasteiger partial charge in [-0.25, -0.2) is 0 Å². The van der Waals surface area contributed by atoms with Crippen molar-refractivity contribution in [3.8, 4) is 0 Å². The van der Waals surface area contributed by atoms with Crippen LogP contribution in [0.2, 0.25) is 5.02 Å². The average Bonchev–Trinajstić information content (AvgIpc) is 2.78. The second-order valence-electron chi connectivity index (χ2n) is 3.50. The Morgan fingerprint density at radius 1 is 1.33 bits per heavy atom. The molecule has 18 heavy (non-hydrogen) atoms. The molecular weight excluding hydrogens is 272 g/mol. The number of benzene rings is 1. The van der Waals surface area contributed by atoms with E-state index in [0.717, 1.165) is 5.01 Å². The number of nitrogens with one attached hydrogen (secondary N) is 1. The fraction of sp³-hybridized carbons (Fsp3) is 0.182. The maximum Gasteiger partial charge on any atom is 0.257 e. The predicted octanol–water partition coefficient (Wildman–Crippen LogP) is 1.94. The number of amides is 1. The third kappa shape index (κ3) is 3.25. The van der Waals surface area contributed by atoms with Crippen molar-refractivity contribution >= 4 is 34.0 Å². The lowest BCUT2D eigenvalue weighted by Gasteiger charge is -2.00. The molecule has 1 heterocycles. The minimum atomic E-state index is -0.234. The Morgan fingerprint density at radius 3 is 2.72 bits per heavy atom. The van der Waals surface area contributed by atoms with Gasteiger partial charge < -0.3 is 5.73 Å². The van der Waals surface area contributed by atoms with E-state index in [9.17, 15) is 4.79 Å². The quantitative estimate of drug-likeness (QED) is 0.898. The third-order valence-electron chi connectivity index (χ3n) is 2.15. The molecule has 94 valence electrons. The van der Waals surface area contributed by atoms with E-state index in [2.05, 4.69) is 15.5 Å². The molecule has 3 N–H and O–H groups in total. The molecule has 7 heteroatoms. The molecule has 0 unspecified atom stereocenters. The first kappa shape index (κ1) is 12.9. The van der Waals surface area contributed by atoms with Crippen molar-refractivity contribution < 1.29 is 4.79 Å². The van der Waals surface area contributed by atoms with Crippen LogP contribution in [0.1, 0.15) is 15.4 Å². The van der Waals surface area contributed by atoms with Gasteiger partial charge in [0.1, 0.15) is 5.01 Å². The summed E-state index contributed by atoms with van der Waals surface area (Å²) in [4.78, 5) is 11.9. The van der Waals surface area contributed by atoms with E-state index in [-0.39, 0.29) is 5.91 Å². The monoisotopic (exact) mass is 282 g/mol. The van der Waals surface area contributed by atoms with Gasteiger partial charge in [-0.3, -0.25) is 10.1 Å². The first-order valence-electron chi connectivity index (χ1n) is 5.28. The van der Waals surface area contributed by atoms with E-state index in [0.29, 0.717) is 28.7 Å². The molecule has 5 nitrogen and oxygen atoms in total. The minimum Gasteiger partial charge on any atom is -0.330 e. The zero-order chi connectivity index (χ0) is 13.0. The molecule has 0 radical (unpaired) electrons. The van der Waals surface area contributed by atoms with Gasteiger partial charge in [-0.1, -0.05) is 22.9 Å². The van der Waals surface area contributed by atoms with Crippen LogP contribution < -0.4 is 11.1 Å². The van der Waals surface area contributed by atoms with Crippen molar-refractivity contribution in [2.75, 3.05) is 11.9 Å². The van der Waals surface area contributed by atoms with Gasteiger partial charge >= 0.3 is 0 Å². The van der Waals surface area contributed by atoms with E-state index in [1.165, 1.54) is 11.3 Å². The normalized spacial score (nSPS) is 10.3. The highest BCUT2D eigenvalue weighted by Crippen LogP contribution is 2.17. The number of nitrogens with zero attached hydrogens (tertiary/aromatic N) is 2. The SMILES string of the molecule is NCCc1nnc(NC(=O)c2ccc(Cl)cc2)s1. The smallest absolute Gasteiger partial charge is 0.257 e. The lowest BCUT2D eigenvalue weighted by atomic mass is 10.2. The van der Waals surface area contributed by atoms with Gasteiger partial charge in [-0.05, 0) is 30.8 Å². The van der Waals surface area contributed by atoms with Crippen LogP contribution in [0.25, 0.3) is 0 Å². The number of halogens is 1. The van der Waals surface area contributed by atoms with Gasteiger partial charge in [0.15, 0.2) is 0 Å². The summed E-state index contributed by atoms with van der Waals surface area (Å²) in [6, 6.07) is 6.63. The van der Waals surface area contributed by atoms with Gasteiger partial charge in [0.05, 0.1) is 0 Å². The Kier molecular flexibility index (Phi) is 4.24. The van der Waals surface area contributed by atoms with Crippen LogP contribution in [-0.2, 0) is 6.42 Å². The highest BCUT2D eigenvalue weighted by Gasteiger charge is 2.09. The summed E-state index contributed by atoms with van der Waals surface area (Å²) >= 11 is 7.07. The lowest BCUT2D eigenvalue weighted by molar-refractivity contribution is 0.102. The third-order valence-corrected chi connectivity index (χ3v) is 3.30. The molecule has 0 atom stereocenters. The number of rotatable bonds is 4. The minimum absolute atomic E-state index is 0.234. The van der Waals surface area contributed by atoms with Gasteiger partial charge in [0.25, 0.3) is 5.91 Å². The fourth-order valence-electron chi connectivity index (χ4n) is 1.30. The topological polar surface area (TPSA) is 80.9 Å². The number of nitrogens with two attached hydrogens (primary N) is 1. The molecule has 0 aliphatic rings. The number of hydrogen-bond donors (Lipinski definition) is 2. The maximum absolute atomic E-state index is 11.9. The summed E-state index contributed by atoms with van der Waals surface area (Å²) in [5, 5.41) is 12.3. The summed E-state index contributed by atoms with van der Waals surface area (Å²) < 4.78 is 0. The maximum atomic E-state index is 11.9. The van der Waals surface area contributed by atoms with E-state index >= 15 is 0 Å². The molecule has 1 aromatic carbocycles. The van der Waals surface area contributed by atoms with Crippen molar-refractivity contribution in [3.05, 3.63) is 39.9 Å². The molecule has 0 fully saturated rings. The van der Waals surface area contributed by atoms with Gasteiger partial charge in [-0.2, -0.15) is 0 Å². The zero-order valence-corrected chi connectivity index (χ0v) is 11.0. The molecule has 2 rings (SSSR count). The number of carbonyl (C=O) groups is 1. The highest BCUT2D eigenvalue weighted by atomic mass is 35.5. The van der Waals surface area contributed by atoms with Crippen LogP contribution in [0.4, 0.5) is 5.13 Å². The van der Waals surface area contributed by atoms with E-state index in [1.807, 2.05) is 0 Å². The Hall–Kier alpha value is -1.50. The molecule has 0 saturated heterocycles. The Morgan fingerprint density at radius 2 is 2.06 bits per heavy atom. The second kappa shape index (κ2) is 5.90. The van der Waals surface area contributed by atoms with Crippen molar-refractivity contribution in [2.45, 2.75) is 6.42 Å². The molecule has 2 aromatic rings. The van der Waals surface area contributed by atoms with Gasteiger partial charge in [0.2, 0.25) is 5.13 Å². The van der Waals surface area contributed by atoms with E-state index < -0.39 is 0 Å². The number of anilines is 1. The Balaban J connectivity index is 2.04. The van der Waals surface area contributed by atoms with Crippen molar-refractivity contribution in [3.63, 3.8) is 0 Å². The van der Waals surface area contributed by atoms with Crippen LogP contribution >= 0.6 is 22.9 Å². The Bertz CT molecular complexity index is 540. The van der Waals surface area contributed by atoms with Gasteiger partial charge in [-0.15, -0.1) is 10.2 Å². The van der Waals surface area contributed by atoms with Crippen LogP contribution in [0.5, 0.6) is 0 Å². The summed E-state index contributed by atoms with van der Waals surface area (Å²) in [6.45, 7) is 0.514. The molecule has 0 bridgehead atoms.